The van der Waals surface area contributed by atoms with Crippen LogP contribution in [0.5, 0.6) is 0 Å². The normalized spacial score (nSPS) is 11.5. The monoisotopic (exact) mass is 317 g/mol. The summed E-state index contributed by atoms with van der Waals surface area (Å²) in [6.07, 6.45) is 4.57. The van der Waals surface area contributed by atoms with Gasteiger partial charge in [0.05, 0.1) is 0 Å². The van der Waals surface area contributed by atoms with Crippen LogP contribution in [0.2, 0.25) is 0 Å². The highest BCUT2D eigenvalue weighted by Gasteiger charge is 2.13. The lowest BCUT2D eigenvalue weighted by atomic mass is 10.5. The summed E-state index contributed by atoms with van der Waals surface area (Å²) in [5.41, 5.74) is 7.92. The zero-order valence-corrected chi connectivity index (χ0v) is 12.0. The number of anilines is 1. The van der Waals surface area contributed by atoms with Crippen molar-refractivity contribution >= 4 is 53.1 Å². The molecule has 4 rings (SSSR count). The third-order valence-corrected chi connectivity index (χ3v) is 3.56. The lowest BCUT2D eigenvalue weighted by Gasteiger charge is -2.05. The molecule has 0 unspecified atom stereocenters. The number of nitrogens with one attached hydrogen (secondary N) is 1. The average Bonchev–Trinajstić information content (AvgIpc) is 3.03. The number of nitrogens with zero attached hydrogens (tertiary/aromatic N) is 7. The predicted octanol–water partition coefficient (Wildman–Crippen LogP) is 0.811. The fourth-order valence-corrected chi connectivity index (χ4v) is 2.50. The fourth-order valence-electron chi connectivity index (χ4n) is 2.04. The molecule has 0 saturated heterocycles. The number of hydrogen-bond acceptors (Lipinski definition) is 8. The Kier molecular flexibility index (Phi) is 2.46. The molecular weight excluding hydrogens is 310 g/mol. The second-order valence-electron chi connectivity index (χ2n) is 4.17. The lowest BCUT2D eigenvalue weighted by Crippen LogP contribution is -2.09. The molecule has 104 valence electrons. The van der Waals surface area contributed by atoms with Gasteiger partial charge in [0.25, 0.3) is 0 Å². The summed E-state index contributed by atoms with van der Waals surface area (Å²) < 4.78 is 3.75. The molecule has 0 spiro atoms. The summed E-state index contributed by atoms with van der Waals surface area (Å²) in [5.74, 6) is 0.211. The largest absolute Gasteiger partial charge is 0.369 e. The van der Waals surface area contributed by atoms with Crippen molar-refractivity contribution in [1.29, 1.82) is 0 Å². The highest BCUT2D eigenvalue weighted by Crippen LogP contribution is 2.18. The van der Waals surface area contributed by atoms with E-state index in [-0.39, 0.29) is 5.95 Å². The summed E-state index contributed by atoms with van der Waals surface area (Å²) in [6.45, 7) is 0. The molecule has 4 aromatic rings. The number of rotatable bonds is 1. The van der Waals surface area contributed by atoms with Crippen LogP contribution in [0.25, 0.3) is 22.3 Å². The molecule has 4 heterocycles. The summed E-state index contributed by atoms with van der Waals surface area (Å²) in [5, 5.41) is 0.493. The van der Waals surface area contributed by atoms with E-state index >= 15 is 0 Å². The molecule has 11 heteroatoms. The number of aromatic amines is 1. The molecule has 0 atom stereocenters. The van der Waals surface area contributed by atoms with Gasteiger partial charge in [0.2, 0.25) is 5.95 Å². The van der Waals surface area contributed by atoms with E-state index in [0.29, 0.717) is 32.0 Å². The van der Waals surface area contributed by atoms with Crippen molar-refractivity contribution < 1.29 is 0 Å². The van der Waals surface area contributed by atoms with E-state index in [0.717, 1.165) is 0 Å². The lowest BCUT2D eigenvalue weighted by molar-refractivity contribution is 0.687. The maximum absolute atomic E-state index is 5.71. The van der Waals surface area contributed by atoms with Crippen molar-refractivity contribution in [1.82, 2.24) is 39.3 Å². The Morgan fingerprint density at radius 3 is 2.57 bits per heavy atom. The molecule has 0 aromatic carbocycles. The maximum atomic E-state index is 5.71. The van der Waals surface area contributed by atoms with Gasteiger partial charge in [0.1, 0.15) is 39.7 Å². The fraction of sp³-hybridized carbons (Fsp3) is 0. The first-order chi connectivity index (χ1) is 10.1. The molecule has 0 saturated carbocycles. The van der Waals surface area contributed by atoms with Crippen molar-refractivity contribution in [3.63, 3.8) is 0 Å². The number of hydrogen-bond donors (Lipinski definition) is 3. The van der Waals surface area contributed by atoms with Crippen LogP contribution < -0.4 is 5.73 Å². The number of nitrogens with two attached hydrogens (primary N) is 1. The molecular formula is C10H7N9S2. The Hall–Kier alpha value is -2.53. The van der Waals surface area contributed by atoms with E-state index < -0.39 is 0 Å². The van der Waals surface area contributed by atoms with Crippen LogP contribution >= 0.6 is 24.8 Å². The molecule has 0 aliphatic heterocycles. The van der Waals surface area contributed by atoms with E-state index in [1.165, 1.54) is 6.33 Å². The van der Waals surface area contributed by atoms with E-state index in [1.54, 1.807) is 22.0 Å². The van der Waals surface area contributed by atoms with Crippen molar-refractivity contribution in [3.8, 4) is 0 Å². The number of fused-ring (bicyclic) bond motifs is 2. The minimum atomic E-state index is 0.211. The molecule has 0 radical (unpaired) electrons. The summed E-state index contributed by atoms with van der Waals surface area (Å²) in [6, 6.07) is 0. The van der Waals surface area contributed by atoms with Crippen LogP contribution in [0.3, 0.4) is 0 Å². The second kappa shape index (κ2) is 4.23. The van der Waals surface area contributed by atoms with E-state index in [1.807, 2.05) is 0 Å². The number of nitrogen functional groups attached to an aromatic ring is 1. The smallest absolute Gasteiger partial charge is 0.200 e. The molecule has 3 N–H and O–H groups in total. The first kappa shape index (κ1) is 12.2. The number of imidazole rings is 2. The van der Waals surface area contributed by atoms with Crippen LogP contribution in [-0.4, -0.2) is 39.3 Å². The number of thiol groups is 1. The number of aromatic nitrogens is 8. The van der Waals surface area contributed by atoms with Crippen LogP contribution in [0.15, 0.2) is 24.0 Å². The minimum Gasteiger partial charge on any atom is -0.369 e. The topological polar surface area (TPSA) is 116 Å². The van der Waals surface area contributed by atoms with Gasteiger partial charge >= 0.3 is 0 Å². The highest BCUT2D eigenvalue weighted by molar-refractivity contribution is 7.80. The number of H-pyrrole nitrogens is 1. The molecule has 0 aliphatic rings. The summed E-state index contributed by atoms with van der Waals surface area (Å²) in [7, 11) is 0. The Morgan fingerprint density at radius 2 is 1.76 bits per heavy atom. The van der Waals surface area contributed by atoms with Crippen molar-refractivity contribution in [2.24, 2.45) is 0 Å². The second-order valence-corrected chi connectivity index (χ2v) is 5.00. The first-order valence-corrected chi connectivity index (χ1v) is 6.61. The molecule has 0 amide bonds. The van der Waals surface area contributed by atoms with Gasteiger partial charge in [-0.15, -0.1) is 12.6 Å². The molecule has 21 heavy (non-hydrogen) atoms. The van der Waals surface area contributed by atoms with Crippen LogP contribution in [0.1, 0.15) is 0 Å². The van der Waals surface area contributed by atoms with Gasteiger partial charge in [0, 0.05) is 0 Å². The van der Waals surface area contributed by atoms with E-state index in [4.69, 9.17) is 18.0 Å². The van der Waals surface area contributed by atoms with Crippen molar-refractivity contribution in [2.75, 3.05) is 5.73 Å². The third-order valence-electron chi connectivity index (χ3n) is 2.94. The first-order valence-electron chi connectivity index (χ1n) is 5.75. The van der Waals surface area contributed by atoms with Crippen LogP contribution in [0, 0.1) is 4.64 Å². The third kappa shape index (κ3) is 1.71. The van der Waals surface area contributed by atoms with Gasteiger partial charge in [-0.05, 0) is 0 Å². The van der Waals surface area contributed by atoms with Crippen molar-refractivity contribution in [3.05, 3.63) is 23.6 Å². The van der Waals surface area contributed by atoms with Gasteiger partial charge in [-0.3, -0.25) is 0 Å². The van der Waals surface area contributed by atoms with Gasteiger partial charge in [-0.25, -0.2) is 29.3 Å². The molecule has 0 fully saturated rings. The van der Waals surface area contributed by atoms with Gasteiger partial charge < -0.3 is 10.7 Å². The maximum Gasteiger partial charge on any atom is 0.200 e. The average molecular weight is 317 g/mol. The van der Waals surface area contributed by atoms with E-state index in [2.05, 4.69) is 42.5 Å². The Morgan fingerprint density at radius 1 is 1.05 bits per heavy atom. The van der Waals surface area contributed by atoms with Gasteiger partial charge in [-0.1, -0.05) is 12.2 Å². The van der Waals surface area contributed by atoms with Crippen LogP contribution in [0.4, 0.5) is 5.95 Å². The van der Waals surface area contributed by atoms with Gasteiger partial charge in [-0.2, -0.15) is 4.98 Å². The quantitative estimate of drug-likeness (QED) is 0.270. The molecule has 0 aliphatic carbocycles. The molecule has 4 aromatic heterocycles. The van der Waals surface area contributed by atoms with Gasteiger partial charge in [0.15, 0.2) is 11.3 Å². The van der Waals surface area contributed by atoms with E-state index in [9.17, 15) is 0 Å². The molecule has 0 bridgehead atoms. The zero-order chi connectivity index (χ0) is 14.6. The summed E-state index contributed by atoms with van der Waals surface area (Å²) in [4.78, 5) is 23.7. The Balaban J connectivity index is 2.10. The molecule has 9 nitrogen and oxygen atoms in total. The Bertz CT molecular complexity index is 1040. The Labute approximate surface area is 127 Å². The van der Waals surface area contributed by atoms with Crippen LogP contribution in [-0.2, 0) is 0 Å². The summed E-state index contributed by atoms with van der Waals surface area (Å²) >= 11 is 9.44. The highest BCUT2D eigenvalue weighted by atomic mass is 32.1. The predicted molar refractivity (Wildman–Crippen MR) is 80.5 cm³/mol. The zero-order valence-electron chi connectivity index (χ0n) is 10.3. The minimum absolute atomic E-state index is 0.211. The van der Waals surface area contributed by atoms with Crippen molar-refractivity contribution in [2.45, 2.75) is 5.03 Å². The standard InChI is InChI=1S/C10H7N9S2/c11-10-16-7-5(9(21)17-10)15-3-19(7)18-2-14-4-6(18)12-1-13-8(4)20/h1-3H,(H,12,13,20)(H3,11,16,17,21). The SMILES string of the molecule is Nc1nc2c(ncn2-n2cnc3c(S)ncnc32)c(=S)[nH]1.